The van der Waals surface area contributed by atoms with Crippen LogP contribution in [-0.2, 0) is 11.2 Å². The molecule has 25 heavy (non-hydrogen) atoms. The van der Waals surface area contributed by atoms with E-state index < -0.39 is 5.79 Å². The molecule has 1 atom stereocenters. The van der Waals surface area contributed by atoms with Crippen LogP contribution in [-0.4, -0.2) is 26.8 Å². The van der Waals surface area contributed by atoms with Crippen LogP contribution in [0.1, 0.15) is 45.1 Å². The smallest absolute Gasteiger partial charge is 0.156 e. The molecule has 136 valence electrons. The quantitative estimate of drug-likeness (QED) is 0.551. The summed E-state index contributed by atoms with van der Waals surface area (Å²) in [5, 5.41) is 17.7. The molecule has 2 N–H and O–H groups in total. The maximum atomic E-state index is 11.3. The average molecular weight is 429 g/mol. The molecule has 1 aromatic carbocycles. The van der Waals surface area contributed by atoms with Crippen LogP contribution in [0.4, 0.5) is 0 Å². The Morgan fingerprint density at radius 2 is 2.00 bits per heavy atom. The van der Waals surface area contributed by atoms with Crippen molar-refractivity contribution in [2.45, 2.75) is 51.7 Å². The predicted molar refractivity (Wildman–Crippen MR) is 104 cm³/mol. The lowest BCUT2D eigenvalue weighted by atomic mass is 9.97. The number of hydrogen-bond acceptors (Lipinski definition) is 4. The van der Waals surface area contributed by atoms with Crippen LogP contribution >= 0.6 is 27.5 Å². The van der Waals surface area contributed by atoms with Crippen LogP contribution in [0.5, 0.6) is 0 Å². The summed E-state index contributed by atoms with van der Waals surface area (Å²) in [4.78, 5) is 15.7. The average Bonchev–Trinajstić information content (AvgIpc) is 2.90. The summed E-state index contributed by atoms with van der Waals surface area (Å²) in [7, 11) is 0. The molecule has 1 heterocycles. The summed E-state index contributed by atoms with van der Waals surface area (Å²) in [5.74, 6) is -0.508. The second-order valence-corrected chi connectivity index (χ2v) is 8.18. The number of aryl methyl sites for hydroxylation is 1. The summed E-state index contributed by atoms with van der Waals surface area (Å²) < 4.78 is 0.823. The topological polar surface area (TPSA) is 70.4 Å². The predicted octanol–water partition coefficient (Wildman–Crippen LogP) is 4.66. The van der Waals surface area contributed by atoms with Gasteiger partial charge in [0, 0.05) is 18.2 Å². The molecule has 3 rings (SSSR count). The number of hydrogen-bond donors (Lipinski definition) is 2. The number of carbonyl (C=O) groups excluding carboxylic acids is 1. The molecule has 0 aliphatic heterocycles. The van der Waals surface area contributed by atoms with Gasteiger partial charge < -0.3 is 10.2 Å². The fourth-order valence-corrected chi connectivity index (χ4v) is 3.31. The second kappa shape index (κ2) is 8.58. The van der Waals surface area contributed by atoms with Crippen LogP contribution < -0.4 is 0 Å². The summed E-state index contributed by atoms with van der Waals surface area (Å²) in [6.45, 7) is 2.60. The summed E-state index contributed by atoms with van der Waals surface area (Å²) >= 11 is 9.43. The van der Waals surface area contributed by atoms with Gasteiger partial charge in [0.1, 0.15) is 10.9 Å². The highest BCUT2D eigenvalue weighted by Gasteiger charge is 2.21. The molecule has 1 aliphatic carbocycles. The van der Waals surface area contributed by atoms with Crippen molar-refractivity contribution >= 4 is 44.2 Å². The highest BCUT2D eigenvalue weighted by Crippen LogP contribution is 2.28. The van der Waals surface area contributed by atoms with Gasteiger partial charge in [-0.2, -0.15) is 0 Å². The molecular weight excluding hydrogens is 406 g/mol. The Labute approximate surface area is 161 Å². The van der Waals surface area contributed by atoms with Gasteiger partial charge in [-0.3, -0.25) is 4.79 Å². The highest BCUT2D eigenvalue weighted by atomic mass is 79.9. The third-order valence-corrected chi connectivity index (χ3v) is 5.10. The lowest BCUT2D eigenvalue weighted by molar-refractivity contribution is -0.127. The number of aliphatic hydroxyl groups is 2. The minimum Gasteiger partial charge on any atom is -0.366 e. The van der Waals surface area contributed by atoms with Gasteiger partial charge in [-0.15, -0.1) is 0 Å². The van der Waals surface area contributed by atoms with Crippen molar-refractivity contribution in [1.29, 1.82) is 0 Å². The molecule has 1 fully saturated rings. The van der Waals surface area contributed by atoms with Crippen LogP contribution in [0.15, 0.2) is 28.7 Å². The van der Waals surface area contributed by atoms with Crippen molar-refractivity contribution in [3.63, 3.8) is 0 Å². The fraction of sp³-hybridized carbons (Fsp3) is 0.474. The normalized spacial score (nSPS) is 17.5. The third-order valence-electron chi connectivity index (χ3n) is 3.98. The minimum absolute atomic E-state index is 0.423. The van der Waals surface area contributed by atoms with E-state index >= 15 is 0 Å². The molecule has 0 saturated heterocycles. The Morgan fingerprint density at radius 3 is 2.60 bits per heavy atom. The van der Waals surface area contributed by atoms with E-state index in [1.807, 2.05) is 6.07 Å². The van der Waals surface area contributed by atoms with Crippen LogP contribution in [0.3, 0.4) is 0 Å². The van der Waals surface area contributed by atoms with Gasteiger partial charge >= 0.3 is 0 Å². The highest BCUT2D eigenvalue weighted by molar-refractivity contribution is 9.10. The zero-order chi connectivity index (χ0) is 18.6. The van der Waals surface area contributed by atoms with Gasteiger partial charge in [0.2, 0.25) is 0 Å². The molecule has 4 nitrogen and oxygen atoms in total. The Balaban J connectivity index is 0.000000399. The summed E-state index contributed by atoms with van der Waals surface area (Å²) in [5.41, 5.74) is 2.20. The van der Waals surface area contributed by atoms with E-state index in [0.29, 0.717) is 16.9 Å². The van der Waals surface area contributed by atoms with Gasteiger partial charge in [0.05, 0.1) is 9.99 Å². The number of aromatic nitrogens is 1. The molecule has 0 spiro atoms. The molecule has 0 radical (unpaired) electrons. The minimum atomic E-state index is -1.50. The van der Waals surface area contributed by atoms with E-state index in [-0.39, 0.29) is 0 Å². The summed E-state index contributed by atoms with van der Waals surface area (Å²) in [6.07, 6.45) is 4.69. The Bertz CT molecular complexity index is 752. The standard InChI is InChI=1S/C16H15BrClNO.C3H8O2/c17-14-9-12-5-3-11(8-15(12)19-16(14)18)2-1-10-4-6-13(20)7-10;1-3(2,4)5/h3,5,8-10H,1-2,4,6-7H2;4-5H,1-2H3. The summed E-state index contributed by atoms with van der Waals surface area (Å²) in [6, 6.07) is 8.31. The van der Waals surface area contributed by atoms with Crippen LogP contribution in [0.2, 0.25) is 5.15 Å². The first-order valence-electron chi connectivity index (χ1n) is 8.33. The maximum absolute atomic E-state index is 11.3. The third kappa shape index (κ3) is 7.02. The number of Topliss-reactive ketones (excluding diaryl/α,β-unsaturated/α-hetero) is 1. The lowest BCUT2D eigenvalue weighted by Gasteiger charge is -2.08. The van der Waals surface area contributed by atoms with Crippen molar-refractivity contribution in [2.24, 2.45) is 5.92 Å². The Hall–Kier alpha value is -1.01. The van der Waals surface area contributed by atoms with Crippen molar-refractivity contribution in [3.05, 3.63) is 39.5 Å². The molecule has 2 aromatic rings. The van der Waals surface area contributed by atoms with Crippen LogP contribution in [0, 0.1) is 5.92 Å². The Kier molecular flexibility index (Phi) is 6.97. The zero-order valence-corrected chi connectivity index (χ0v) is 16.8. The van der Waals surface area contributed by atoms with Crippen LogP contribution in [0.25, 0.3) is 10.9 Å². The van der Waals surface area contributed by atoms with E-state index in [0.717, 1.165) is 47.5 Å². The van der Waals surface area contributed by atoms with Gasteiger partial charge in [-0.1, -0.05) is 23.7 Å². The van der Waals surface area contributed by atoms with E-state index in [4.69, 9.17) is 21.8 Å². The van der Waals surface area contributed by atoms with Crippen molar-refractivity contribution in [1.82, 2.24) is 4.98 Å². The van der Waals surface area contributed by atoms with Gasteiger partial charge in [-0.05, 0) is 72.7 Å². The molecular formula is C19H23BrClNO3. The number of ketones is 1. The first kappa shape index (κ1) is 20.3. The van der Waals surface area contributed by atoms with Crippen molar-refractivity contribution in [3.8, 4) is 0 Å². The fourth-order valence-electron chi connectivity index (χ4n) is 2.83. The largest absolute Gasteiger partial charge is 0.366 e. The monoisotopic (exact) mass is 427 g/mol. The number of pyridine rings is 1. The Morgan fingerprint density at radius 1 is 1.32 bits per heavy atom. The number of fused-ring (bicyclic) bond motifs is 1. The van der Waals surface area contributed by atoms with Gasteiger partial charge in [0.15, 0.2) is 5.79 Å². The second-order valence-electron chi connectivity index (χ2n) is 6.97. The number of nitrogens with zero attached hydrogens (tertiary/aromatic N) is 1. The SMILES string of the molecule is CC(C)(O)O.O=C1CCC(CCc2ccc3cc(Br)c(Cl)nc3c2)C1. The molecule has 1 aromatic heterocycles. The van der Waals surface area contributed by atoms with E-state index in [9.17, 15) is 4.79 Å². The molecule has 1 saturated carbocycles. The molecule has 6 heteroatoms. The number of carbonyl (C=O) groups is 1. The number of benzene rings is 1. The molecule has 1 aliphatic rings. The first-order valence-corrected chi connectivity index (χ1v) is 9.50. The molecule has 0 amide bonds. The lowest BCUT2D eigenvalue weighted by Crippen LogP contribution is -2.15. The van der Waals surface area contributed by atoms with Gasteiger partial charge in [0.25, 0.3) is 0 Å². The number of rotatable bonds is 3. The zero-order valence-electron chi connectivity index (χ0n) is 14.4. The van der Waals surface area contributed by atoms with E-state index in [1.165, 1.54) is 19.4 Å². The number of halogens is 2. The van der Waals surface area contributed by atoms with E-state index in [1.54, 1.807) is 0 Å². The van der Waals surface area contributed by atoms with E-state index in [2.05, 4.69) is 39.1 Å². The maximum Gasteiger partial charge on any atom is 0.156 e. The first-order chi connectivity index (χ1) is 11.6. The molecule has 1 unspecified atom stereocenters. The van der Waals surface area contributed by atoms with Crippen molar-refractivity contribution in [2.75, 3.05) is 0 Å². The van der Waals surface area contributed by atoms with Gasteiger partial charge in [-0.25, -0.2) is 4.98 Å². The molecule has 0 bridgehead atoms. The van der Waals surface area contributed by atoms with Crippen molar-refractivity contribution < 1.29 is 15.0 Å².